The van der Waals surface area contributed by atoms with Gasteiger partial charge >= 0.3 is 0 Å². The molecule has 0 fully saturated rings. The van der Waals surface area contributed by atoms with Crippen molar-refractivity contribution in [2.45, 2.75) is 31.6 Å². The van der Waals surface area contributed by atoms with Gasteiger partial charge in [-0.25, -0.2) is 8.42 Å². The van der Waals surface area contributed by atoms with E-state index in [1.165, 1.54) is 0 Å². The summed E-state index contributed by atoms with van der Waals surface area (Å²) in [5, 5.41) is 0. The van der Waals surface area contributed by atoms with Crippen molar-refractivity contribution in [3.63, 3.8) is 0 Å². The van der Waals surface area contributed by atoms with Crippen LogP contribution in [0.25, 0.3) is 0 Å². The van der Waals surface area contributed by atoms with E-state index in [4.69, 9.17) is 4.74 Å². The number of hydrogen-bond acceptors (Lipinski definition) is 3. The molecule has 0 aromatic heterocycles. The summed E-state index contributed by atoms with van der Waals surface area (Å²) >= 11 is 0. The molecule has 2 aromatic rings. The Morgan fingerprint density at radius 1 is 1.05 bits per heavy atom. The number of benzene rings is 2. The van der Waals surface area contributed by atoms with Gasteiger partial charge in [0, 0.05) is 0 Å². The molecule has 0 amide bonds. The Morgan fingerprint density at radius 2 is 1.68 bits per heavy atom. The number of sulfonamides is 1. The summed E-state index contributed by atoms with van der Waals surface area (Å²) < 4.78 is 32.6. The summed E-state index contributed by atoms with van der Waals surface area (Å²) in [7, 11) is -2.01. The van der Waals surface area contributed by atoms with E-state index in [0.717, 1.165) is 11.1 Å². The Labute approximate surface area is 132 Å². The number of rotatable bonds is 5. The summed E-state index contributed by atoms with van der Waals surface area (Å²) in [4.78, 5) is 0.257. The predicted octanol–water partition coefficient (Wildman–Crippen LogP) is 3.93. The third kappa shape index (κ3) is 3.60. The fourth-order valence-corrected chi connectivity index (χ4v) is 3.24. The van der Waals surface area contributed by atoms with Crippen LogP contribution in [0.4, 0.5) is 5.69 Å². The van der Waals surface area contributed by atoms with Gasteiger partial charge in [0.05, 0.1) is 17.7 Å². The van der Waals surface area contributed by atoms with Gasteiger partial charge < -0.3 is 4.74 Å². The standard InChI is InChI=1S/C17H21NO3S/c1-12(2)14-5-8-16(9-6-14)22(19,20)18-17-10-7-15(21-4)11-13(17)3/h5-12,18H,1-4H3. The normalized spacial score (nSPS) is 11.5. The molecular weight excluding hydrogens is 298 g/mol. The van der Waals surface area contributed by atoms with E-state index in [1.54, 1.807) is 37.4 Å². The molecule has 0 saturated heterocycles. The van der Waals surface area contributed by atoms with Crippen LogP contribution in [0.1, 0.15) is 30.9 Å². The average molecular weight is 319 g/mol. The van der Waals surface area contributed by atoms with Crippen LogP contribution in [-0.4, -0.2) is 15.5 Å². The second kappa shape index (κ2) is 6.40. The highest BCUT2D eigenvalue weighted by molar-refractivity contribution is 7.92. The summed E-state index contributed by atoms with van der Waals surface area (Å²) in [6, 6.07) is 12.2. The maximum Gasteiger partial charge on any atom is 0.261 e. The van der Waals surface area contributed by atoms with Gasteiger partial charge in [0.25, 0.3) is 10.0 Å². The fraction of sp³-hybridized carbons (Fsp3) is 0.294. The average Bonchev–Trinajstić information content (AvgIpc) is 2.49. The molecule has 5 heteroatoms. The van der Waals surface area contributed by atoms with Crippen LogP contribution in [0.15, 0.2) is 47.4 Å². The molecule has 22 heavy (non-hydrogen) atoms. The monoisotopic (exact) mass is 319 g/mol. The molecule has 0 spiro atoms. The van der Waals surface area contributed by atoms with E-state index in [0.29, 0.717) is 17.4 Å². The third-order valence-electron chi connectivity index (χ3n) is 3.53. The minimum absolute atomic E-state index is 0.257. The van der Waals surface area contributed by atoms with Crippen molar-refractivity contribution in [3.05, 3.63) is 53.6 Å². The maximum atomic E-state index is 12.4. The Balaban J connectivity index is 2.27. The lowest BCUT2D eigenvalue weighted by Gasteiger charge is -2.12. The second-order valence-corrected chi connectivity index (χ2v) is 7.19. The molecule has 4 nitrogen and oxygen atoms in total. The Kier molecular flexibility index (Phi) is 4.76. The zero-order valence-corrected chi connectivity index (χ0v) is 14.1. The highest BCUT2D eigenvalue weighted by Gasteiger charge is 2.15. The molecule has 0 saturated carbocycles. The van der Waals surface area contributed by atoms with Crippen LogP contribution in [0.3, 0.4) is 0 Å². The maximum absolute atomic E-state index is 12.4. The first-order chi connectivity index (χ1) is 10.3. The van der Waals surface area contributed by atoms with Gasteiger partial charge in [-0.3, -0.25) is 4.72 Å². The fourth-order valence-electron chi connectivity index (χ4n) is 2.11. The van der Waals surface area contributed by atoms with Crippen LogP contribution in [0, 0.1) is 6.92 Å². The van der Waals surface area contributed by atoms with Crippen LogP contribution in [-0.2, 0) is 10.0 Å². The number of anilines is 1. The van der Waals surface area contributed by atoms with Gasteiger partial charge in [0.2, 0.25) is 0 Å². The molecule has 1 N–H and O–H groups in total. The van der Waals surface area contributed by atoms with Crippen molar-refractivity contribution in [2.24, 2.45) is 0 Å². The lowest BCUT2D eigenvalue weighted by atomic mass is 10.0. The predicted molar refractivity (Wildman–Crippen MR) is 89.1 cm³/mol. The molecule has 0 aliphatic heterocycles. The molecule has 118 valence electrons. The van der Waals surface area contributed by atoms with Crippen molar-refractivity contribution >= 4 is 15.7 Å². The molecule has 0 heterocycles. The third-order valence-corrected chi connectivity index (χ3v) is 4.92. The van der Waals surface area contributed by atoms with E-state index in [1.807, 2.05) is 19.1 Å². The van der Waals surface area contributed by atoms with E-state index in [-0.39, 0.29) is 4.90 Å². The summed E-state index contributed by atoms with van der Waals surface area (Å²) in [6.07, 6.45) is 0. The van der Waals surface area contributed by atoms with Gasteiger partial charge in [-0.05, 0) is 54.3 Å². The first-order valence-corrected chi connectivity index (χ1v) is 8.59. The minimum Gasteiger partial charge on any atom is -0.497 e. The Hall–Kier alpha value is -2.01. The zero-order chi connectivity index (χ0) is 16.3. The zero-order valence-electron chi connectivity index (χ0n) is 13.3. The highest BCUT2D eigenvalue weighted by atomic mass is 32.2. The highest BCUT2D eigenvalue weighted by Crippen LogP contribution is 2.24. The molecule has 2 aromatic carbocycles. The number of hydrogen-bond donors (Lipinski definition) is 1. The van der Waals surface area contributed by atoms with Crippen LogP contribution < -0.4 is 9.46 Å². The summed E-state index contributed by atoms with van der Waals surface area (Å²) in [5.41, 5.74) is 2.47. The molecule has 0 aliphatic carbocycles. The van der Waals surface area contributed by atoms with Gasteiger partial charge in [-0.2, -0.15) is 0 Å². The van der Waals surface area contributed by atoms with Gasteiger partial charge in [-0.1, -0.05) is 26.0 Å². The van der Waals surface area contributed by atoms with Gasteiger partial charge in [0.15, 0.2) is 0 Å². The topological polar surface area (TPSA) is 55.4 Å². The quantitative estimate of drug-likeness (QED) is 0.908. The Bertz CT molecular complexity index is 750. The first kappa shape index (κ1) is 16.4. The summed E-state index contributed by atoms with van der Waals surface area (Å²) in [5.74, 6) is 1.07. The Morgan fingerprint density at radius 3 is 2.18 bits per heavy atom. The first-order valence-electron chi connectivity index (χ1n) is 7.11. The van der Waals surface area contributed by atoms with E-state index in [9.17, 15) is 8.42 Å². The van der Waals surface area contributed by atoms with Crippen molar-refractivity contribution < 1.29 is 13.2 Å². The number of nitrogens with one attached hydrogen (secondary N) is 1. The van der Waals surface area contributed by atoms with Crippen molar-refractivity contribution in [2.75, 3.05) is 11.8 Å². The molecular formula is C17H21NO3S. The molecule has 0 radical (unpaired) electrons. The minimum atomic E-state index is -3.59. The number of methoxy groups -OCH3 is 1. The molecule has 2 rings (SSSR count). The number of ether oxygens (including phenoxy) is 1. The van der Waals surface area contributed by atoms with Crippen LogP contribution in [0.5, 0.6) is 5.75 Å². The van der Waals surface area contributed by atoms with Crippen molar-refractivity contribution in [1.82, 2.24) is 0 Å². The lowest BCUT2D eigenvalue weighted by molar-refractivity contribution is 0.414. The second-order valence-electron chi connectivity index (χ2n) is 5.51. The van der Waals surface area contributed by atoms with E-state index in [2.05, 4.69) is 18.6 Å². The lowest BCUT2D eigenvalue weighted by Crippen LogP contribution is -2.13. The smallest absolute Gasteiger partial charge is 0.261 e. The molecule has 0 bridgehead atoms. The number of aryl methyl sites for hydroxylation is 1. The molecule has 0 atom stereocenters. The molecule has 0 aliphatic rings. The SMILES string of the molecule is COc1ccc(NS(=O)(=O)c2ccc(C(C)C)cc2)c(C)c1. The molecule has 0 unspecified atom stereocenters. The largest absolute Gasteiger partial charge is 0.497 e. The van der Waals surface area contributed by atoms with Crippen LogP contribution >= 0.6 is 0 Å². The van der Waals surface area contributed by atoms with Crippen LogP contribution in [0.2, 0.25) is 0 Å². The van der Waals surface area contributed by atoms with Gasteiger partial charge in [0.1, 0.15) is 5.75 Å². The van der Waals surface area contributed by atoms with Gasteiger partial charge in [-0.15, -0.1) is 0 Å². The van der Waals surface area contributed by atoms with Crippen molar-refractivity contribution in [3.8, 4) is 5.75 Å². The van der Waals surface area contributed by atoms with E-state index >= 15 is 0 Å². The summed E-state index contributed by atoms with van der Waals surface area (Å²) in [6.45, 7) is 5.98. The van der Waals surface area contributed by atoms with Crippen molar-refractivity contribution in [1.29, 1.82) is 0 Å². The van der Waals surface area contributed by atoms with E-state index < -0.39 is 10.0 Å².